The van der Waals surface area contributed by atoms with Crippen molar-refractivity contribution in [2.75, 3.05) is 13.2 Å². The van der Waals surface area contributed by atoms with Crippen LogP contribution >= 0.6 is 11.6 Å². The van der Waals surface area contributed by atoms with Crippen LogP contribution in [-0.2, 0) is 6.54 Å². The molecule has 102 valence electrons. The van der Waals surface area contributed by atoms with Gasteiger partial charge in [-0.15, -0.1) is 0 Å². The molecule has 4 nitrogen and oxygen atoms in total. The number of hydrogen-bond donors (Lipinski definition) is 1. The van der Waals surface area contributed by atoms with Gasteiger partial charge >= 0.3 is 0 Å². The van der Waals surface area contributed by atoms with Crippen LogP contribution in [0.1, 0.15) is 37.7 Å². The van der Waals surface area contributed by atoms with Crippen LogP contribution < -0.4 is 0 Å². The van der Waals surface area contributed by atoms with Gasteiger partial charge in [-0.25, -0.2) is 0 Å². The van der Waals surface area contributed by atoms with E-state index >= 15 is 0 Å². The van der Waals surface area contributed by atoms with E-state index in [-0.39, 0.29) is 18.6 Å². The van der Waals surface area contributed by atoms with Crippen LogP contribution in [-0.4, -0.2) is 39.7 Å². The average molecular weight is 273 g/mol. The zero-order valence-electron chi connectivity index (χ0n) is 11.2. The molecule has 18 heavy (non-hydrogen) atoms. The smallest absolute Gasteiger partial charge is 0.270 e. The Kier molecular flexibility index (Phi) is 5.69. The normalized spacial score (nSPS) is 11.0. The minimum atomic E-state index is -0.0350. The summed E-state index contributed by atoms with van der Waals surface area (Å²) in [6.45, 7) is 7.26. The van der Waals surface area contributed by atoms with Gasteiger partial charge in [0.15, 0.2) is 0 Å². The van der Waals surface area contributed by atoms with Gasteiger partial charge in [0.25, 0.3) is 5.91 Å². The number of nitrogens with zero attached hydrogens (tertiary/aromatic N) is 2. The van der Waals surface area contributed by atoms with Crippen molar-refractivity contribution >= 4 is 17.5 Å². The van der Waals surface area contributed by atoms with E-state index in [1.54, 1.807) is 17.2 Å². The quantitative estimate of drug-likeness (QED) is 0.864. The molecular weight excluding hydrogens is 252 g/mol. The van der Waals surface area contributed by atoms with Gasteiger partial charge in [-0.1, -0.05) is 11.6 Å². The highest BCUT2D eigenvalue weighted by molar-refractivity contribution is 6.31. The average Bonchev–Trinajstić information content (AvgIpc) is 2.70. The summed E-state index contributed by atoms with van der Waals surface area (Å²) < 4.78 is 1.85. The maximum absolute atomic E-state index is 12.5. The molecule has 5 heteroatoms. The molecular formula is C13H21ClN2O2. The molecule has 0 fully saturated rings. The Morgan fingerprint density at radius 2 is 2.22 bits per heavy atom. The van der Waals surface area contributed by atoms with Crippen molar-refractivity contribution in [3.05, 3.63) is 23.0 Å². The summed E-state index contributed by atoms with van der Waals surface area (Å²) in [6.07, 6.45) is 2.35. The molecule has 0 unspecified atom stereocenters. The molecule has 0 bridgehead atoms. The zero-order chi connectivity index (χ0) is 13.7. The maximum Gasteiger partial charge on any atom is 0.270 e. The van der Waals surface area contributed by atoms with Crippen molar-refractivity contribution in [1.82, 2.24) is 9.47 Å². The van der Waals surface area contributed by atoms with Crippen LogP contribution in [0.25, 0.3) is 0 Å². The topological polar surface area (TPSA) is 45.5 Å². The summed E-state index contributed by atoms with van der Waals surface area (Å²) in [5.74, 6) is -0.0350. The molecule has 0 saturated carbocycles. The number of amides is 1. The Labute approximate surface area is 113 Å². The van der Waals surface area contributed by atoms with E-state index in [9.17, 15) is 4.79 Å². The number of hydrogen-bond acceptors (Lipinski definition) is 2. The minimum absolute atomic E-state index is 0.0350. The van der Waals surface area contributed by atoms with E-state index in [0.717, 1.165) is 0 Å². The number of rotatable bonds is 6. The minimum Gasteiger partial charge on any atom is -0.396 e. The van der Waals surface area contributed by atoms with Crippen molar-refractivity contribution in [3.8, 4) is 0 Å². The van der Waals surface area contributed by atoms with E-state index < -0.39 is 0 Å². The molecule has 1 aromatic heterocycles. The largest absolute Gasteiger partial charge is 0.396 e. The summed E-state index contributed by atoms with van der Waals surface area (Å²) in [4.78, 5) is 14.2. The second-order valence-corrected chi connectivity index (χ2v) is 4.94. The first-order valence-corrected chi connectivity index (χ1v) is 6.66. The third kappa shape index (κ3) is 3.50. The van der Waals surface area contributed by atoms with Crippen molar-refractivity contribution in [2.45, 2.75) is 39.8 Å². The molecule has 0 aromatic carbocycles. The summed E-state index contributed by atoms with van der Waals surface area (Å²) in [5.41, 5.74) is 0.606. The molecule has 1 aromatic rings. The number of aryl methyl sites for hydroxylation is 1. The van der Waals surface area contributed by atoms with Crippen LogP contribution in [0.4, 0.5) is 0 Å². The third-order valence-electron chi connectivity index (χ3n) is 2.86. The molecule has 0 saturated heterocycles. The van der Waals surface area contributed by atoms with Gasteiger partial charge < -0.3 is 14.6 Å². The SMILES string of the molecule is CCn1cc(Cl)cc1C(=O)N(CCCO)C(C)C. The zero-order valence-corrected chi connectivity index (χ0v) is 11.9. The Balaban J connectivity index is 2.94. The Hall–Kier alpha value is -1.00. The first kappa shape index (κ1) is 15.1. The summed E-state index contributed by atoms with van der Waals surface area (Å²) in [6, 6.07) is 1.80. The number of halogens is 1. The van der Waals surface area contributed by atoms with Gasteiger partial charge in [0.1, 0.15) is 5.69 Å². The van der Waals surface area contributed by atoms with Crippen LogP contribution in [0.15, 0.2) is 12.3 Å². The lowest BCUT2D eigenvalue weighted by Gasteiger charge is -2.26. The highest BCUT2D eigenvalue weighted by Gasteiger charge is 2.21. The molecule has 1 heterocycles. The molecule has 0 atom stereocenters. The summed E-state index contributed by atoms with van der Waals surface area (Å²) in [5, 5.41) is 9.46. The molecule has 1 rings (SSSR count). The molecule has 0 aliphatic heterocycles. The highest BCUT2D eigenvalue weighted by atomic mass is 35.5. The van der Waals surface area contributed by atoms with Gasteiger partial charge in [-0.05, 0) is 33.3 Å². The molecule has 0 aliphatic carbocycles. The van der Waals surface area contributed by atoms with E-state index in [2.05, 4.69) is 0 Å². The molecule has 0 radical (unpaired) electrons. The fourth-order valence-corrected chi connectivity index (χ4v) is 2.12. The second-order valence-electron chi connectivity index (χ2n) is 4.50. The molecule has 0 spiro atoms. The number of aromatic nitrogens is 1. The van der Waals surface area contributed by atoms with E-state index in [1.807, 2.05) is 25.3 Å². The fraction of sp³-hybridized carbons (Fsp3) is 0.615. The van der Waals surface area contributed by atoms with Crippen molar-refractivity contribution < 1.29 is 9.90 Å². The van der Waals surface area contributed by atoms with Crippen molar-refractivity contribution in [2.24, 2.45) is 0 Å². The van der Waals surface area contributed by atoms with Gasteiger partial charge in [0, 0.05) is 31.9 Å². The number of aliphatic hydroxyl groups is 1. The Morgan fingerprint density at radius 1 is 1.56 bits per heavy atom. The van der Waals surface area contributed by atoms with Crippen LogP contribution in [0.3, 0.4) is 0 Å². The van der Waals surface area contributed by atoms with E-state index in [0.29, 0.717) is 30.2 Å². The fourth-order valence-electron chi connectivity index (χ4n) is 1.90. The van der Waals surface area contributed by atoms with Crippen molar-refractivity contribution in [3.63, 3.8) is 0 Å². The van der Waals surface area contributed by atoms with Gasteiger partial charge in [0.2, 0.25) is 0 Å². The Morgan fingerprint density at radius 3 is 2.72 bits per heavy atom. The lowest BCUT2D eigenvalue weighted by atomic mass is 10.2. The number of aliphatic hydroxyl groups excluding tert-OH is 1. The van der Waals surface area contributed by atoms with E-state index in [4.69, 9.17) is 16.7 Å². The van der Waals surface area contributed by atoms with Gasteiger partial charge in [-0.2, -0.15) is 0 Å². The lowest BCUT2D eigenvalue weighted by Crippen LogP contribution is -2.39. The van der Waals surface area contributed by atoms with Crippen LogP contribution in [0.5, 0.6) is 0 Å². The van der Waals surface area contributed by atoms with Crippen molar-refractivity contribution in [1.29, 1.82) is 0 Å². The summed E-state index contributed by atoms with van der Waals surface area (Å²) in [7, 11) is 0. The second kappa shape index (κ2) is 6.81. The molecule has 1 amide bonds. The first-order valence-electron chi connectivity index (χ1n) is 6.28. The molecule has 1 N–H and O–H groups in total. The predicted molar refractivity (Wildman–Crippen MR) is 73.0 cm³/mol. The van der Waals surface area contributed by atoms with Gasteiger partial charge in [0.05, 0.1) is 5.02 Å². The monoisotopic (exact) mass is 272 g/mol. The highest BCUT2D eigenvalue weighted by Crippen LogP contribution is 2.17. The Bertz CT molecular complexity index is 402. The first-order chi connectivity index (χ1) is 8.51. The number of carbonyl (C=O) groups is 1. The number of carbonyl (C=O) groups excluding carboxylic acids is 1. The van der Waals surface area contributed by atoms with E-state index in [1.165, 1.54) is 0 Å². The van der Waals surface area contributed by atoms with Crippen LogP contribution in [0, 0.1) is 0 Å². The third-order valence-corrected chi connectivity index (χ3v) is 3.07. The van der Waals surface area contributed by atoms with Gasteiger partial charge in [-0.3, -0.25) is 4.79 Å². The standard InChI is InChI=1S/C13H21ClN2O2/c1-4-15-9-11(14)8-12(15)13(18)16(10(2)3)6-5-7-17/h8-10,17H,4-7H2,1-3H3. The lowest BCUT2D eigenvalue weighted by molar-refractivity contribution is 0.0682. The van der Waals surface area contributed by atoms with Crippen LogP contribution in [0.2, 0.25) is 5.02 Å². The maximum atomic E-state index is 12.5. The molecule has 0 aliphatic rings. The predicted octanol–water partition coefficient (Wildman–Crippen LogP) is 2.39. The summed E-state index contributed by atoms with van der Waals surface area (Å²) >= 11 is 5.95.